The van der Waals surface area contributed by atoms with E-state index in [1.807, 2.05) is 0 Å². The van der Waals surface area contributed by atoms with Gasteiger partial charge in [-0.2, -0.15) is 0 Å². The summed E-state index contributed by atoms with van der Waals surface area (Å²) in [6.07, 6.45) is 6.71. The lowest BCUT2D eigenvalue weighted by molar-refractivity contribution is 0.274. The van der Waals surface area contributed by atoms with Gasteiger partial charge < -0.3 is 4.43 Å². The molecule has 0 atom stereocenters. The number of hydrogen-bond acceptors (Lipinski definition) is 1. The summed E-state index contributed by atoms with van der Waals surface area (Å²) in [5, 5.41) is 0. The molecule has 0 aliphatic carbocycles. The van der Waals surface area contributed by atoms with Crippen LogP contribution in [0.3, 0.4) is 0 Å². The SMILES string of the molecule is CCCCCCCO[Si](CC(C)C)(CC(C)C)CC(C)C. The third-order valence-corrected chi connectivity index (χ3v) is 9.49. The minimum atomic E-state index is -1.55. The van der Waals surface area contributed by atoms with Crippen LogP contribution in [0.5, 0.6) is 0 Å². The maximum absolute atomic E-state index is 6.68. The van der Waals surface area contributed by atoms with Crippen LogP contribution in [-0.2, 0) is 4.43 Å². The molecule has 0 radical (unpaired) electrons. The first-order valence-electron chi connectivity index (χ1n) is 9.45. The predicted molar refractivity (Wildman–Crippen MR) is 99.4 cm³/mol. The van der Waals surface area contributed by atoms with Gasteiger partial charge in [-0.3, -0.25) is 0 Å². The van der Waals surface area contributed by atoms with E-state index in [1.54, 1.807) is 0 Å². The molecular weight excluding hydrogens is 272 g/mol. The van der Waals surface area contributed by atoms with Crippen LogP contribution in [-0.4, -0.2) is 14.9 Å². The molecule has 0 N–H and O–H groups in total. The predicted octanol–water partition coefficient (Wildman–Crippen LogP) is 6.89. The molecule has 2 heteroatoms. The van der Waals surface area contributed by atoms with Gasteiger partial charge in [0, 0.05) is 6.61 Å². The summed E-state index contributed by atoms with van der Waals surface area (Å²) in [4.78, 5) is 0. The van der Waals surface area contributed by atoms with Crippen LogP contribution in [0.1, 0.15) is 80.6 Å². The van der Waals surface area contributed by atoms with Gasteiger partial charge in [0.2, 0.25) is 0 Å². The van der Waals surface area contributed by atoms with E-state index in [9.17, 15) is 0 Å². The van der Waals surface area contributed by atoms with E-state index in [2.05, 4.69) is 48.5 Å². The zero-order valence-corrected chi connectivity index (χ0v) is 17.0. The molecule has 128 valence electrons. The molecule has 0 rings (SSSR count). The van der Waals surface area contributed by atoms with Crippen molar-refractivity contribution in [3.63, 3.8) is 0 Å². The average Bonchev–Trinajstić information content (AvgIpc) is 2.30. The molecule has 0 aromatic rings. The second kappa shape index (κ2) is 11.7. The van der Waals surface area contributed by atoms with Gasteiger partial charge in [0.25, 0.3) is 0 Å². The van der Waals surface area contributed by atoms with Crippen molar-refractivity contribution in [2.75, 3.05) is 6.61 Å². The Kier molecular flexibility index (Phi) is 11.8. The van der Waals surface area contributed by atoms with Gasteiger partial charge in [0.05, 0.1) is 0 Å². The van der Waals surface area contributed by atoms with Crippen molar-refractivity contribution in [3.05, 3.63) is 0 Å². The molecule has 0 heterocycles. The van der Waals surface area contributed by atoms with Crippen LogP contribution < -0.4 is 0 Å². The summed E-state index contributed by atoms with van der Waals surface area (Å²) < 4.78 is 6.68. The molecule has 0 bridgehead atoms. The topological polar surface area (TPSA) is 9.23 Å². The van der Waals surface area contributed by atoms with E-state index >= 15 is 0 Å². The van der Waals surface area contributed by atoms with Gasteiger partial charge in [-0.1, -0.05) is 74.1 Å². The Morgan fingerprint density at radius 2 is 1.10 bits per heavy atom. The molecule has 0 unspecified atom stereocenters. The Morgan fingerprint density at radius 1 is 0.667 bits per heavy atom. The third kappa shape index (κ3) is 11.4. The van der Waals surface area contributed by atoms with Gasteiger partial charge in [-0.05, 0) is 42.3 Å². The Balaban J connectivity index is 4.51. The summed E-state index contributed by atoms with van der Waals surface area (Å²) in [6, 6.07) is 4.04. The summed E-state index contributed by atoms with van der Waals surface area (Å²) in [6.45, 7) is 17.5. The monoisotopic (exact) mass is 314 g/mol. The largest absolute Gasteiger partial charge is 0.417 e. The zero-order chi connectivity index (χ0) is 16.3. The summed E-state index contributed by atoms with van der Waals surface area (Å²) >= 11 is 0. The van der Waals surface area contributed by atoms with Gasteiger partial charge in [-0.25, -0.2) is 0 Å². The smallest absolute Gasteiger partial charge is 0.193 e. The van der Waals surface area contributed by atoms with Crippen molar-refractivity contribution in [1.29, 1.82) is 0 Å². The molecule has 0 aromatic heterocycles. The van der Waals surface area contributed by atoms with Crippen molar-refractivity contribution < 1.29 is 4.43 Å². The first kappa shape index (κ1) is 21.2. The van der Waals surface area contributed by atoms with Crippen LogP contribution in [0.4, 0.5) is 0 Å². The van der Waals surface area contributed by atoms with Crippen molar-refractivity contribution in [2.45, 2.75) is 98.7 Å². The van der Waals surface area contributed by atoms with Crippen LogP contribution in [0.25, 0.3) is 0 Å². The lowest BCUT2D eigenvalue weighted by atomic mass is 10.2. The average molecular weight is 315 g/mol. The number of hydrogen-bond donors (Lipinski definition) is 0. The Hall–Kier alpha value is 0.177. The van der Waals surface area contributed by atoms with Crippen molar-refractivity contribution in [2.24, 2.45) is 17.8 Å². The van der Waals surface area contributed by atoms with Gasteiger partial charge >= 0.3 is 0 Å². The van der Waals surface area contributed by atoms with Gasteiger partial charge in [0.15, 0.2) is 8.32 Å². The Morgan fingerprint density at radius 3 is 1.48 bits per heavy atom. The molecule has 0 saturated carbocycles. The van der Waals surface area contributed by atoms with Crippen molar-refractivity contribution in [1.82, 2.24) is 0 Å². The van der Waals surface area contributed by atoms with Crippen molar-refractivity contribution >= 4 is 8.32 Å². The Labute approximate surface area is 136 Å². The first-order chi connectivity index (χ1) is 9.81. The molecule has 0 saturated heterocycles. The first-order valence-corrected chi connectivity index (χ1v) is 12.0. The molecule has 0 aliphatic heterocycles. The highest BCUT2D eigenvalue weighted by atomic mass is 28.4. The normalized spacial score (nSPS) is 12.9. The Bertz CT molecular complexity index is 209. The molecular formula is C19H42OSi. The minimum Gasteiger partial charge on any atom is -0.417 e. The maximum Gasteiger partial charge on any atom is 0.193 e. The fraction of sp³-hybridized carbons (Fsp3) is 1.00. The maximum atomic E-state index is 6.68. The van der Waals surface area contributed by atoms with E-state index in [0.717, 1.165) is 24.4 Å². The summed E-state index contributed by atoms with van der Waals surface area (Å²) in [5.41, 5.74) is 0. The minimum absolute atomic E-state index is 0.772. The zero-order valence-electron chi connectivity index (χ0n) is 16.0. The van der Waals surface area contributed by atoms with E-state index in [1.165, 1.54) is 50.2 Å². The van der Waals surface area contributed by atoms with E-state index in [0.29, 0.717) is 0 Å². The molecule has 0 aliphatic rings. The van der Waals surface area contributed by atoms with Crippen LogP contribution >= 0.6 is 0 Å². The highest BCUT2D eigenvalue weighted by molar-refractivity contribution is 6.74. The standard InChI is InChI=1S/C19H42OSi/c1-8-9-10-11-12-13-20-21(14-17(2)3,15-18(4)5)16-19(6)7/h17-19H,8-16H2,1-7H3. The highest BCUT2D eigenvalue weighted by Gasteiger charge is 2.36. The molecule has 0 fully saturated rings. The van der Waals surface area contributed by atoms with Gasteiger partial charge in [0.1, 0.15) is 0 Å². The quantitative estimate of drug-likeness (QED) is 0.266. The van der Waals surface area contributed by atoms with Crippen LogP contribution in [0, 0.1) is 17.8 Å². The molecule has 1 nitrogen and oxygen atoms in total. The van der Waals surface area contributed by atoms with E-state index in [-0.39, 0.29) is 0 Å². The number of unbranched alkanes of at least 4 members (excludes halogenated alkanes) is 4. The molecule has 0 spiro atoms. The summed E-state index contributed by atoms with van der Waals surface area (Å²) in [7, 11) is -1.55. The van der Waals surface area contributed by atoms with Gasteiger partial charge in [-0.15, -0.1) is 0 Å². The second-order valence-electron chi connectivity index (χ2n) is 8.24. The fourth-order valence-electron chi connectivity index (χ4n) is 3.65. The van der Waals surface area contributed by atoms with Crippen LogP contribution in [0.2, 0.25) is 18.1 Å². The number of rotatable bonds is 13. The fourth-order valence-corrected chi connectivity index (χ4v) is 9.55. The highest BCUT2D eigenvalue weighted by Crippen LogP contribution is 2.33. The second-order valence-corrected chi connectivity index (χ2v) is 12.1. The molecule has 0 amide bonds. The molecule has 0 aromatic carbocycles. The van der Waals surface area contributed by atoms with Crippen molar-refractivity contribution in [3.8, 4) is 0 Å². The lowest BCUT2D eigenvalue weighted by Crippen LogP contribution is -2.42. The third-order valence-electron chi connectivity index (χ3n) is 4.00. The lowest BCUT2D eigenvalue weighted by Gasteiger charge is -2.36. The summed E-state index contributed by atoms with van der Waals surface area (Å²) in [5.74, 6) is 2.32. The molecule has 21 heavy (non-hydrogen) atoms. The van der Waals surface area contributed by atoms with E-state index in [4.69, 9.17) is 4.43 Å². The van der Waals surface area contributed by atoms with Crippen LogP contribution in [0.15, 0.2) is 0 Å². The van der Waals surface area contributed by atoms with E-state index < -0.39 is 8.32 Å².